The van der Waals surface area contributed by atoms with Crippen molar-refractivity contribution in [3.63, 3.8) is 0 Å². The molecule has 180 valence electrons. The highest BCUT2D eigenvalue weighted by Crippen LogP contribution is 2.46. The van der Waals surface area contributed by atoms with E-state index in [1.165, 1.54) is 23.9 Å². The molecule has 1 saturated heterocycles. The van der Waals surface area contributed by atoms with E-state index < -0.39 is 11.6 Å². The van der Waals surface area contributed by atoms with Crippen LogP contribution in [-0.4, -0.2) is 53.7 Å². The van der Waals surface area contributed by atoms with Gasteiger partial charge in [-0.2, -0.15) is 4.98 Å². The number of halogens is 3. The van der Waals surface area contributed by atoms with Crippen molar-refractivity contribution in [2.24, 2.45) is 0 Å². The Labute approximate surface area is 205 Å². The van der Waals surface area contributed by atoms with Gasteiger partial charge >= 0.3 is 5.69 Å². The van der Waals surface area contributed by atoms with Crippen LogP contribution in [0.4, 0.5) is 14.6 Å². The van der Waals surface area contributed by atoms with E-state index in [0.717, 1.165) is 11.5 Å². The van der Waals surface area contributed by atoms with Crippen LogP contribution in [0.2, 0.25) is 5.02 Å². The van der Waals surface area contributed by atoms with Crippen LogP contribution in [-0.2, 0) is 11.3 Å². The maximum Gasteiger partial charge on any atom is 0.350 e. The number of benzene rings is 2. The lowest BCUT2D eigenvalue weighted by atomic mass is 10.0. The van der Waals surface area contributed by atoms with Gasteiger partial charge in [-0.05, 0) is 32.0 Å². The molecule has 2 aliphatic heterocycles. The number of ether oxygens (including phenoxy) is 1. The maximum absolute atomic E-state index is 14.9. The molecule has 0 amide bonds. The molecule has 1 fully saturated rings. The van der Waals surface area contributed by atoms with Gasteiger partial charge in [-0.3, -0.25) is 4.57 Å². The van der Waals surface area contributed by atoms with E-state index in [4.69, 9.17) is 16.3 Å². The fourth-order valence-corrected chi connectivity index (χ4v) is 6.61. The molecule has 3 atom stereocenters. The van der Waals surface area contributed by atoms with E-state index in [9.17, 15) is 13.6 Å². The quantitative estimate of drug-likeness (QED) is 0.571. The van der Waals surface area contributed by atoms with E-state index in [1.807, 2.05) is 0 Å². The number of methoxy groups -OCH3 is 1. The number of hydrogen-bond acceptors (Lipinski definition) is 6. The Morgan fingerprint density at radius 1 is 1.18 bits per heavy atom. The SMILES string of the molecule is COC1CSc2c(-c3ccc(F)cc3F)c(Cl)cc3c(N4CC(C)NC(C)C4)nc(=O)n(c23)C1. The van der Waals surface area contributed by atoms with Crippen LogP contribution in [0.25, 0.3) is 22.0 Å². The zero-order chi connectivity index (χ0) is 24.1. The third-order valence-corrected chi connectivity index (χ3v) is 7.86. The molecule has 1 N–H and O–H groups in total. The molecule has 2 aromatic carbocycles. The summed E-state index contributed by atoms with van der Waals surface area (Å²) in [5, 5.41) is 4.54. The molecule has 0 bridgehead atoms. The minimum Gasteiger partial charge on any atom is -0.379 e. The Kier molecular flexibility index (Phi) is 6.31. The van der Waals surface area contributed by atoms with Crippen LogP contribution in [0.15, 0.2) is 34.0 Å². The maximum atomic E-state index is 14.9. The van der Waals surface area contributed by atoms with Crippen molar-refractivity contribution in [2.75, 3.05) is 30.9 Å². The molecule has 3 heterocycles. The molecular weight excluding hydrogens is 482 g/mol. The van der Waals surface area contributed by atoms with Crippen molar-refractivity contribution in [3.8, 4) is 11.1 Å². The molecule has 34 heavy (non-hydrogen) atoms. The predicted molar refractivity (Wildman–Crippen MR) is 132 cm³/mol. The first-order valence-corrected chi connectivity index (χ1v) is 12.5. The van der Waals surface area contributed by atoms with Gasteiger partial charge in [0.15, 0.2) is 0 Å². The molecule has 5 rings (SSSR count). The van der Waals surface area contributed by atoms with Crippen molar-refractivity contribution in [3.05, 3.63) is 51.4 Å². The molecule has 10 heteroatoms. The minimum atomic E-state index is -0.710. The summed E-state index contributed by atoms with van der Waals surface area (Å²) in [6.45, 7) is 5.87. The average Bonchev–Trinajstić information content (AvgIpc) is 2.97. The Bertz CT molecular complexity index is 1320. The first-order valence-electron chi connectivity index (χ1n) is 11.2. The van der Waals surface area contributed by atoms with Crippen LogP contribution in [0.3, 0.4) is 0 Å². The fraction of sp³-hybridized carbons (Fsp3) is 0.417. The monoisotopic (exact) mass is 506 g/mol. The lowest BCUT2D eigenvalue weighted by molar-refractivity contribution is 0.107. The zero-order valence-corrected chi connectivity index (χ0v) is 20.6. The highest BCUT2D eigenvalue weighted by atomic mass is 35.5. The van der Waals surface area contributed by atoms with Crippen LogP contribution in [0, 0.1) is 11.6 Å². The molecule has 2 aliphatic rings. The van der Waals surface area contributed by atoms with Crippen molar-refractivity contribution >= 4 is 40.1 Å². The van der Waals surface area contributed by atoms with Gasteiger partial charge in [-0.25, -0.2) is 13.6 Å². The number of rotatable bonds is 3. The highest BCUT2D eigenvalue weighted by molar-refractivity contribution is 7.99. The van der Waals surface area contributed by atoms with Crippen LogP contribution >= 0.6 is 23.4 Å². The van der Waals surface area contributed by atoms with Gasteiger partial charge in [0.1, 0.15) is 17.5 Å². The standard InChI is InChI=1S/C24H25ClF2N4O2S/c1-12-8-30(9-13(2)28-12)23-17-7-18(25)20(16-5-4-14(26)6-19(16)27)22-21(17)31(24(32)29-23)10-15(33-3)11-34-22/h4-7,12-13,15,28H,8-11H2,1-3H3. The van der Waals surface area contributed by atoms with E-state index in [0.29, 0.717) is 52.2 Å². The molecule has 6 nitrogen and oxygen atoms in total. The number of aromatic nitrogens is 2. The molecule has 0 radical (unpaired) electrons. The summed E-state index contributed by atoms with van der Waals surface area (Å²) in [7, 11) is 1.60. The van der Waals surface area contributed by atoms with Gasteiger partial charge in [0.2, 0.25) is 0 Å². The Morgan fingerprint density at radius 3 is 2.59 bits per heavy atom. The smallest absolute Gasteiger partial charge is 0.350 e. The number of piperazine rings is 1. The second-order valence-corrected chi connectivity index (χ2v) is 10.4. The number of hydrogen-bond donors (Lipinski definition) is 1. The fourth-order valence-electron chi connectivity index (χ4n) is 4.93. The van der Waals surface area contributed by atoms with Crippen molar-refractivity contribution in [1.82, 2.24) is 14.9 Å². The third-order valence-electron chi connectivity index (χ3n) is 6.34. The third kappa shape index (κ3) is 4.08. The van der Waals surface area contributed by atoms with Gasteiger partial charge in [-0.1, -0.05) is 11.6 Å². The van der Waals surface area contributed by atoms with Crippen LogP contribution in [0.5, 0.6) is 0 Å². The normalized spacial score (nSPS) is 22.8. The first-order chi connectivity index (χ1) is 16.3. The lowest BCUT2D eigenvalue weighted by Crippen LogP contribution is -2.55. The van der Waals surface area contributed by atoms with E-state index >= 15 is 0 Å². The second-order valence-electron chi connectivity index (χ2n) is 8.95. The molecule has 1 aromatic heterocycles. The Morgan fingerprint density at radius 2 is 1.91 bits per heavy atom. The summed E-state index contributed by atoms with van der Waals surface area (Å²) in [6, 6.07) is 5.62. The Balaban J connectivity index is 1.83. The van der Waals surface area contributed by atoms with Crippen molar-refractivity contribution in [2.45, 2.75) is 43.5 Å². The Hall–Kier alpha value is -2.20. The summed E-state index contributed by atoms with van der Waals surface area (Å²) < 4.78 is 35.7. The number of nitrogens with zero attached hydrogens (tertiary/aromatic N) is 3. The number of nitrogens with one attached hydrogen (secondary N) is 1. The van der Waals surface area contributed by atoms with E-state index in [2.05, 4.69) is 29.0 Å². The second kappa shape index (κ2) is 9.11. The number of anilines is 1. The molecule has 3 aromatic rings. The number of thioether (sulfide) groups is 1. The largest absolute Gasteiger partial charge is 0.379 e. The van der Waals surface area contributed by atoms with Gasteiger partial charge in [0.05, 0.1) is 23.2 Å². The van der Waals surface area contributed by atoms with Gasteiger partial charge in [0, 0.05) is 65.5 Å². The van der Waals surface area contributed by atoms with Crippen molar-refractivity contribution in [1.29, 1.82) is 0 Å². The average molecular weight is 507 g/mol. The molecule has 3 unspecified atom stereocenters. The lowest BCUT2D eigenvalue weighted by Gasteiger charge is -2.37. The zero-order valence-electron chi connectivity index (χ0n) is 19.1. The summed E-state index contributed by atoms with van der Waals surface area (Å²) in [5.41, 5.74) is 0.899. The van der Waals surface area contributed by atoms with Gasteiger partial charge < -0.3 is 15.0 Å². The van der Waals surface area contributed by atoms with Crippen LogP contribution in [0.1, 0.15) is 13.8 Å². The topological polar surface area (TPSA) is 59.4 Å². The first kappa shape index (κ1) is 23.5. The summed E-state index contributed by atoms with van der Waals surface area (Å²) in [4.78, 5) is 20.6. The summed E-state index contributed by atoms with van der Waals surface area (Å²) >= 11 is 8.25. The molecule has 0 spiro atoms. The van der Waals surface area contributed by atoms with Gasteiger partial charge in [-0.15, -0.1) is 11.8 Å². The van der Waals surface area contributed by atoms with E-state index in [-0.39, 0.29) is 29.4 Å². The van der Waals surface area contributed by atoms with Gasteiger partial charge in [0.25, 0.3) is 0 Å². The van der Waals surface area contributed by atoms with E-state index in [1.54, 1.807) is 17.7 Å². The highest BCUT2D eigenvalue weighted by Gasteiger charge is 2.30. The molecule has 0 aliphatic carbocycles. The summed E-state index contributed by atoms with van der Waals surface area (Å²) in [5.74, 6) is -0.262. The van der Waals surface area contributed by atoms with Crippen molar-refractivity contribution < 1.29 is 13.5 Å². The molecule has 0 saturated carbocycles. The minimum absolute atomic E-state index is 0.188. The summed E-state index contributed by atoms with van der Waals surface area (Å²) in [6.07, 6.45) is -0.241. The molecular formula is C24H25ClF2N4O2S. The van der Waals surface area contributed by atoms with Crippen LogP contribution < -0.4 is 15.9 Å². The predicted octanol–water partition coefficient (Wildman–Crippen LogP) is 4.30.